The van der Waals surface area contributed by atoms with Crippen molar-refractivity contribution in [3.8, 4) is 0 Å². The summed E-state index contributed by atoms with van der Waals surface area (Å²) in [7, 11) is 0. The molecule has 1 aliphatic rings. The first kappa shape index (κ1) is 28.2. The van der Waals surface area contributed by atoms with Crippen molar-refractivity contribution in [2.45, 2.75) is 45.5 Å². The summed E-state index contributed by atoms with van der Waals surface area (Å²) in [6.07, 6.45) is 2.04. The predicted molar refractivity (Wildman–Crippen MR) is 141 cm³/mol. The van der Waals surface area contributed by atoms with Gasteiger partial charge in [0.25, 0.3) is 5.79 Å². The number of aliphatic hydroxyl groups is 1. The number of hydrogen-bond donors (Lipinski definition) is 1. The first-order valence-corrected chi connectivity index (χ1v) is 12.8. The number of esters is 2. The summed E-state index contributed by atoms with van der Waals surface area (Å²) in [6.45, 7) is 10.5. The molecule has 0 saturated carbocycles. The number of carbonyl (C=O) groups is 2. The molecule has 2 aromatic rings. The fourth-order valence-electron chi connectivity index (χ4n) is 4.56. The van der Waals surface area contributed by atoms with E-state index in [2.05, 4.69) is 32.6 Å². The average Bonchev–Trinajstić information content (AvgIpc) is 2.95. The Balaban J connectivity index is 2.19. The number of halogens is 2. The molecule has 0 bridgehead atoms. The van der Waals surface area contributed by atoms with E-state index in [4.69, 9.17) is 32.7 Å². The highest BCUT2D eigenvalue weighted by molar-refractivity contribution is 6.30. The van der Waals surface area contributed by atoms with Gasteiger partial charge < -0.3 is 19.5 Å². The summed E-state index contributed by atoms with van der Waals surface area (Å²) in [5.74, 6) is -2.89. The molecule has 6 nitrogen and oxygen atoms in total. The molecular formula is C28H33Cl2NO5. The van der Waals surface area contributed by atoms with Crippen LogP contribution in [-0.4, -0.2) is 47.4 Å². The number of hydrogen-bond acceptors (Lipinski definition) is 6. The molecule has 0 saturated heterocycles. The molecule has 1 N–H and O–H groups in total. The van der Waals surface area contributed by atoms with Crippen LogP contribution in [0, 0.1) is 11.8 Å². The first-order valence-electron chi connectivity index (χ1n) is 12.1. The molecule has 2 aromatic carbocycles. The number of nitrogens with zero attached hydrogens (tertiary/aromatic N) is 1. The molecule has 0 aromatic heterocycles. The lowest BCUT2D eigenvalue weighted by Crippen LogP contribution is -2.58. The third-order valence-corrected chi connectivity index (χ3v) is 6.47. The Labute approximate surface area is 222 Å². The van der Waals surface area contributed by atoms with Crippen molar-refractivity contribution < 1.29 is 24.2 Å². The van der Waals surface area contributed by atoms with Crippen LogP contribution in [0.4, 0.5) is 0 Å². The van der Waals surface area contributed by atoms with E-state index in [-0.39, 0.29) is 6.42 Å². The highest BCUT2D eigenvalue weighted by Gasteiger charge is 2.59. The molecule has 0 atom stereocenters. The Hall–Kier alpha value is -2.38. The summed E-state index contributed by atoms with van der Waals surface area (Å²) < 4.78 is 11.7. The molecule has 194 valence electrons. The Morgan fingerprint density at radius 2 is 1.19 bits per heavy atom. The van der Waals surface area contributed by atoms with E-state index in [1.165, 1.54) is 0 Å². The molecule has 0 spiro atoms. The van der Waals surface area contributed by atoms with Crippen LogP contribution in [0.3, 0.4) is 0 Å². The second kappa shape index (κ2) is 11.8. The number of ether oxygens (including phenoxy) is 2. The Morgan fingerprint density at radius 1 is 0.806 bits per heavy atom. The largest absolute Gasteiger partial charge is 0.415 e. The third-order valence-electron chi connectivity index (χ3n) is 5.97. The summed E-state index contributed by atoms with van der Waals surface area (Å²) in [6, 6.07) is 13.0. The fourth-order valence-corrected chi connectivity index (χ4v) is 4.82. The lowest BCUT2D eigenvalue weighted by Gasteiger charge is -2.45. The topological polar surface area (TPSA) is 76.1 Å². The van der Waals surface area contributed by atoms with Gasteiger partial charge in [-0.25, -0.2) is 9.59 Å². The van der Waals surface area contributed by atoms with Crippen LogP contribution in [0.15, 0.2) is 60.7 Å². The van der Waals surface area contributed by atoms with Gasteiger partial charge in [-0.1, -0.05) is 75.2 Å². The molecule has 0 amide bonds. The van der Waals surface area contributed by atoms with E-state index in [9.17, 15) is 14.7 Å². The highest BCUT2D eigenvalue weighted by atomic mass is 35.5. The summed E-state index contributed by atoms with van der Waals surface area (Å²) in [5, 5.41) is 13.5. The van der Waals surface area contributed by atoms with Crippen LogP contribution in [0.1, 0.15) is 45.2 Å². The van der Waals surface area contributed by atoms with Crippen LogP contribution in [0.5, 0.6) is 0 Å². The van der Waals surface area contributed by atoms with Crippen LogP contribution in [0.2, 0.25) is 10.0 Å². The lowest BCUT2D eigenvalue weighted by atomic mass is 9.77. The molecule has 1 aliphatic heterocycles. The maximum atomic E-state index is 12.8. The smallest absolute Gasteiger partial charge is 0.334 e. The van der Waals surface area contributed by atoms with Crippen LogP contribution >= 0.6 is 23.2 Å². The number of rotatable bonds is 10. The van der Waals surface area contributed by atoms with Crippen LogP contribution < -0.4 is 0 Å². The molecule has 0 radical (unpaired) electrons. The zero-order chi connectivity index (χ0) is 26.5. The quantitative estimate of drug-likeness (QED) is 0.401. The van der Waals surface area contributed by atoms with E-state index in [0.717, 1.165) is 25.2 Å². The van der Waals surface area contributed by atoms with Gasteiger partial charge in [0, 0.05) is 48.3 Å². The van der Waals surface area contributed by atoms with Gasteiger partial charge in [-0.2, -0.15) is 0 Å². The van der Waals surface area contributed by atoms with Crippen molar-refractivity contribution in [1.29, 1.82) is 0 Å². The minimum atomic E-state index is -2.07. The van der Waals surface area contributed by atoms with Gasteiger partial charge in [0.1, 0.15) is 0 Å². The maximum Gasteiger partial charge on any atom is 0.334 e. The zero-order valence-electron chi connectivity index (χ0n) is 21.0. The molecule has 8 heteroatoms. The molecular weight excluding hydrogens is 501 g/mol. The van der Waals surface area contributed by atoms with E-state index < -0.39 is 23.3 Å². The highest BCUT2D eigenvalue weighted by Crippen LogP contribution is 2.46. The normalized spacial score (nSPS) is 15.8. The van der Waals surface area contributed by atoms with Crippen LogP contribution in [-0.2, 0) is 24.7 Å². The van der Waals surface area contributed by atoms with Crippen molar-refractivity contribution in [2.24, 2.45) is 11.8 Å². The van der Waals surface area contributed by atoms with Gasteiger partial charge in [0.05, 0.1) is 0 Å². The maximum absolute atomic E-state index is 12.8. The van der Waals surface area contributed by atoms with Crippen molar-refractivity contribution in [3.63, 3.8) is 0 Å². The minimum absolute atomic E-state index is 0.0212. The van der Waals surface area contributed by atoms with Crippen molar-refractivity contribution >= 4 is 35.1 Å². The van der Waals surface area contributed by atoms with Crippen molar-refractivity contribution in [2.75, 3.05) is 19.6 Å². The predicted octanol–water partition coefficient (Wildman–Crippen LogP) is 5.59. The van der Waals surface area contributed by atoms with E-state index in [0.29, 0.717) is 39.6 Å². The van der Waals surface area contributed by atoms with Gasteiger partial charge >= 0.3 is 11.9 Å². The second-order valence-electron chi connectivity index (χ2n) is 9.95. The molecule has 0 fully saturated rings. The molecule has 1 heterocycles. The lowest BCUT2D eigenvalue weighted by molar-refractivity contribution is -0.285. The first-order chi connectivity index (χ1) is 16.9. The van der Waals surface area contributed by atoms with Gasteiger partial charge in [-0.15, -0.1) is 0 Å². The van der Waals surface area contributed by atoms with Crippen LogP contribution in [0.25, 0.3) is 0 Å². The van der Waals surface area contributed by atoms with E-state index in [1.807, 2.05) is 0 Å². The molecule has 0 unspecified atom stereocenters. The Kier molecular flexibility index (Phi) is 9.23. The summed E-state index contributed by atoms with van der Waals surface area (Å²) in [5.41, 5.74) is -1.38. The molecule has 0 aliphatic carbocycles. The minimum Gasteiger partial charge on any atom is -0.415 e. The SMILES string of the molecule is CC(C)CN(CCC1(C(O)(c2ccc(Cl)cc2)c2ccc(Cl)cc2)OC(=O)C=CC(=O)O1)CC(C)C. The monoisotopic (exact) mass is 533 g/mol. The Bertz CT molecular complexity index is 1000. The Morgan fingerprint density at radius 3 is 1.56 bits per heavy atom. The number of cyclic esters (lactones) is 2. The fraction of sp³-hybridized carbons (Fsp3) is 0.429. The summed E-state index contributed by atoms with van der Waals surface area (Å²) >= 11 is 12.3. The van der Waals surface area contributed by atoms with Gasteiger partial charge in [-0.3, -0.25) is 0 Å². The average molecular weight is 534 g/mol. The molecule has 36 heavy (non-hydrogen) atoms. The van der Waals surface area contributed by atoms with E-state index in [1.54, 1.807) is 48.5 Å². The van der Waals surface area contributed by atoms with Gasteiger partial charge in [0.2, 0.25) is 0 Å². The standard InChI is InChI=1S/C28H33Cl2NO5/c1-19(2)17-31(18-20(3)4)16-15-27(35-25(32)13-14-26(33)36-27)28(34,21-5-9-23(29)10-6-21)22-7-11-24(30)12-8-22/h5-14,19-20,34H,15-18H2,1-4H3. The number of carbonyl (C=O) groups excluding carboxylic acids is 2. The second-order valence-corrected chi connectivity index (χ2v) is 10.8. The summed E-state index contributed by atoms with van der Waals surface area (Å²) in [4.78, 5) is 27.7. The van der Waals surface area contributed by atoms with Crippen molar-refractivity contribution in [3.05, 3.63) is 81.9 Å². The van der Waals surface area contributed by atoms with Gasteiger partial charge in [0.15, 0.2) is 5.60 Å². The zero-order valence-corrected chi connectivity index (χ0v) is 22.6. The van der Waals surface area contributed by atoms with E-state index >= 15 is 0 Å². The van der Waals surface area contributed by atoms with Crippen molar-refractivity contribution in [1.82, 2.24) is 4.90 Å². The van der Waals surface area contributed by atoms with Gasteiger partial charge in [-0.05, 0) is 47.2 Å². The third kappa shape index (κ3) is 6.48. The molecule has 3 rings (SSSR count). The number of benzene rings is 2.